The van der Waals surface area contributed by atoms with Crippen LogP contribution in [0.2, 0.25) is 0 Å². The van der Waals surface area contributed by atoms with Gasteiger partial charge in [0.1, 0.15) is 11.2 Å². The number of pyridine rings is 1. The van der Waals surface area contributed by atoms with Crippen LogP contribution < -0.4 is 0 Å². The van der Waals surface area contributed by atoms with Crippen LogP contribution >= 0.6 is 0 Å². The number of aromatic nitrogens is 1. The molecule has 1 aliphatic carbocycles. The van der Waals surface area contributed by atoms with E-state index in [1.54, 1.807) is 0 Å². The van der Waals surface area contributed by atoms with Crippen LogP contribution in [0.3, 0.4) is 0 Å². The predicted octanol–water partition coefficient (Wildman–Crippen LogP) is 12.5. The minimum Gasteiger partial charge on any atom is -0.456 e. The molecular weight excluding hydrogens is 595 g/mol. The van der Waals surface area contributed by atoms with Crippen LogP contribution in [-0.2, 0) is 6.42 Å². The number of furan rings is 1. The molecule has 0 fully saturated rings. The first-order chi connectivity index (χ1) is 24.3. The van der Waals surface area contributed by atoms with E-state index in [4.69, 9.17) is 9.40 Å². The van der Waals surface area contributed by atoms with Crippen molar-refractivity contribution in [2.24, 2.45) is 0 Å². The lowest BCUT2D eigenvalue weighted by Crippen LogP contribution is -2.12. The minimum atomic E-state index is 0.235. The summed E-state index contributed by atoms with van der Waals surface area (Å²) in [5, 5.41) is 3.37. The molecular formula is C47H31NO. The summed E-state index contributed by atoms with van der Waals surface area (Å²) in [6.07, 6.45) is 0.946. The van der Waals surface area contributed by atoms with E-state index in [2.05, 4.69) is 170 Å². The number of rotatable bonds is 4. The molecule has 49 heavy (non-hydrogen) atoms. The Morgan fingerprint density at radius 3 is 2.10 bits per heavy atom. The van der Waals surface area contributed by atoms with Crippen LogP contribution in [0.4, 0.5) is 0 Å². The number of hydrogen-bond acceptors (Lipinski definition) is 2. The second kappa shape index (κ2) is 11.2. The fourth-order valence-electron chi connectivity index (χ4n) is 7.93. The van der Waals surface area contributed by atoms with Crippen LogP contribution in [0.25, 0.3) is 77.5 Å². The number of fused-ring (bicyclic) bond motifs is 7. The van der Waals surface area contributed by atoms with E-state index in [0.717, 1.165) is 50.5 Å². The van der Waals surface area contributed by atoms with Gasteiger partial charge in [0.15, 0.2) is 0 Å². The quantitative estimate of drug-likeness (QED) is 0.194. The summed E-state index contributed by atoms with van der Waals surface area (Å²) in [5.74, 6) is 0.235. The lowest BCUT2D eigenvalue weighted by atomic mass is 9.75. The van der Waals surface area contributed by atoms with Crippen molar-refractivity contribution in [3.05, 3.63) is 187 Å². The van der Waals surface area contributed by atoms with Gasteiger partial charge < -0.3 is 4.42 Å². The smallest absolute Gasteiger partial charge is 0.136 e. The van der Waals surface area contributed by atoms with E-state index >= 15 is 0 Å². The van der Waals surface area contributed by atoms with Gasteiger partial charge in [0.25, 0.3) is 0 Å². The fraction of sp³-hybridized carbons (Fsp3) is 0.0426. The van der Waals surface area contributed by atoms with Gasteiger partial charge in [-0.1, -0.05) is 140 Å². The third-order valence-corrected chi connectivity index (χ3v) is 10.3. The minimum absolute atomic E-state index is 0.235. The molecule has 9 aromatic rings. The Morgan fingerprint density at radius 2 is 1.22 bits per heavy atom. The highest BCUT2D eigenvalue weighted by molar-refractivity contribution is 6.13. The first kappa shape index (κ1) is 27.8. The van der Waals surface area contributed by atoms with Gasteiger partial charge in [0.2, 0.25) is 0 Å². The Balaban J connectivity index is 1.09. The molecule has 230 valence electrons. The number of benzene rings is 7. The standard InChI is InChI=1S/C47H31NO/c1-3-12-30(13-4-1)32-22-23-33-27-41(36-17-8-7-16-35(36)40(33)26-32)34-24-25-39-46(28-34)49-45-21-11-19-38(47(39)45)44-29-42(31-14-5-2-6-15-31)37-18-9-10-20-43(37)48-44/h1-26,28-29,41H,27H2. The fourth-order valence-corrected chi connectivity index (χ4v) is 7.93. The third-order valence-electron chi connectivity index (χ3n) is 10.3. The first-order valence-corrected chi connectivity index (χ1v) is 17.0. The van der Waals surface area contributed by atoms with Gasteiger partial charge in [-0.05, 0) is 86.8 Å². The van der Waals surface area contributed by atoms with Crippen molar-refractivity contribution in [2.75, 3.05) is 0 Å². The second-order valence-electron chi connectivity index (χ2n) is 13.1. The van der Waals surface area contributed by atoms with Crippen molar-refractivity contribution in [2.45, 2.75) is 12.3 Å². The van der Waals surface area contributed by atoms with E-state index < -0.39 is 0 Å². The molecule has 0 aliphatic heterocycles. The Kier molecular flexibility index (Phi) is 6.35. The van der Waals surface area contributed by atoms with Crippen molar-refractivity contribution in [3.63, 3.8) is 0 Å². The van der Waals surface area contributed by atoms with Gasteiger partial charge >= 0.3 is 0 Å². The van der Waals surface area contributed by atoms with Crippen LogP contribution in [0, 0.1) is 0 Å². The van der Waals surface area contributed by atoms with Crippen LogP contribution in [0.5, 0.6) is 0 Å². The number of hydrogen-bond donors (Lipinski definition) is 0. The maximum Gasteiger partial charge on any atom is 0.136 e. The monoisotopic (exact) mass is 625 g/mol. The van der Waals surface area contributed by atoms with Gasteiger partial charge in [-0.2, -0.15) is 0 Å². The molecule has 1 aliphatic rings. The number of nitrogens with zero attached hydrogens (tertiary/aromatic N) is 1. The van der Waals surface area contributed by atoms with Crippen molar-refractivity contribution >= 4 is 32.8 Å². The van der Waals surface area contributed by atoms with E-state index in [0.29, 0.717) is 0 Å². The van der Waals surface area contributed by atoms with Gasteiger partial charge in [-0.25, -0.2) is 4.98 Å². The molecule has 2 nitrogen and oxygen atoms in total. The molecule has 0 N–H and O–H groups in total. The Morgan fingerprint density at radius 1 is 0.469 bits per heavy atom. The van der Waals surface area contributed by atoms with Gasteiger partial charge in [0.05, 0.1) is 11.2 Å². The molecule has 7 aromatic carbocycles. The molecule has 0 amide bonds. The molecule has 0 spiro atoms. The summed E-state index contributed by atoms with van der Waals surface area (Å²) < 4.78 is 6.64. The molecule has 0 radical (unpaired) electrons. The van der Waals surface area contributed by atoms with Gasteiger partial charge in [-0.3, -0.25) is 0 Å². The van der Waals surface area contributed by atoms with Crippen LogP contribution in [-0.4, -0.2) is 4.98 Å². The van der Waals surface area contributed by atoms with Gasteiger partial charge in [-0.15, -0.1) is 0 Å². The predicted molar refractivity (Wildman–Crippen MR) is 203 cm³/mol. The molecule has 0 saturated carbocycles. The van der Waals surface area contributed by atoms with Crippen molar-refractivity contribution in [3.8, 4) is 44.6 Å². The normalized spacial score (nSPS) is 13.8. The highest BCUT2D eigenvalue weighted by Gasteiger charge is 2.27. The molecule has 2 aromatic heterocycles. The Hall–Kier alpha value is -6.25. The highest BCUT2D eigenvalue weighted by atomic mass is 16.3. The maximum absolute atomic E-state index is 6.64. The van der Waals surface area contributed by atoms with E-state index in [1.165, 1.54) is 50.1 Å². The molecule has 1 atom stereocenters. The van der Waals surface area contributed by atoms with Crippen molar-refractivity contribution in [1.29, 1.82) is 0 Å². The van der Waals surface area contributed by atoms with Gasteiger partial charge in [0, 0.05) is 27.6 Å². The van der Waals surface area contributed by atoms with E-state index in [-0.39, 0.29) is 5.92 Å². The topological polar surface area (TPSA) is 26.0 Å². The van der Waals surface area contributed by atoms with Crippen LogP contribution in [0.1, 0.15) is 22.6 Å². The summed E-state index contributed by atoms with van der Waals surface area (Å²) in [4.78, 5) is 5.19. The third kappa shape index (κ3) is 4.60. The largest absolute Gasteiger partial charge is 0.456 e. The SMILES string of the molecule is c1ccc(-c2ccc3c(c2)-c2ccccc2C(c2ccc4c(c2)oc2cccc(-c5cc(-c6ccccc6)c6ccccc6n5)c24)C3)cc1. The van der Waals surface area contributed by atoms with Crippen molar-refractivity contribution in [1.82, 2.24) is 4.98 Å². The average Bonchev–Trinajstić information content (AvgIpc) is 3.56. The van der Waals surface area contributed by atoms with E-state index in [9.17, 15) is 0 Å². The second-order valence-corrected chi connectivity index (χ2v) is 13.1. The average molecular weight is 626 g/mol. The van der Waals surface area contributed by atoms with E-state index in [1.807, 2.05) is 0 Å². The summed E-state index contributed by atoms with van der Waals surface area (Å²) in [6, 6.07) is 61.0. The van der Waals surface area contributed by atoms with Crippen molar-refractivity contribution < 1.29 is 4.42 Å². The summed E-state index contributed by atoms with van der Waals surface area (Å²) in [5.41, 5.74) is 16.3. The number of para-hydroxylation sites is 1. The zero-order valence-electron chi connectivity index (χ0n) is 26.8. The molecule has 1 unspecified atom stereocenters. The highest BCUT2D eigenvalue weighted by Crippen LogP contribution is 2.46. The lowest BCUT2D eigenvalue weighted by Gasteiger charge is -2.29. The first-order valence-electron chi connectivity index (χ1n) is 17.0. The lowest BCUT2D eigenvalue weighted by molar-refractivity contribution is 0.667. The zero-order valence-corrected chi connectivity index (χ0v) is 26.8. The Bertz CT molecular complexity index is 2690. The van der Waals surface area contributed by atoms with Crippen LogP contribution in [0.15, 0.2) is 174 Å². The molecule has 10 rings (SSSR count). The zero-order chi connectivity index (χ0) is 32.3. The molecule has 0 bridgehead atoms. The summed E-state index contributed by atoms with van der Waals surface area (Å²) >= 11 is 0. The molecule has 2 heterocycles. The molecule has 2 heteroatoms. The summed E-state index contributed by atoms with van der Waals surface area (Å²) in [7, 11) is 0. The summed E-state index contributed by atoms with van der Waals surface area (Å²) in [6.45, 7) is 0. The molecule has 0 saturated heterocycles. The Labute approximate surface area is 284 Å². The maximum atomic E-state index is 6.64.